The molecule has 0 bridgehead atoms. The van der Waals surface area contributed by atoms with Gasteiger partial charge in [0.15, 0.2) is 0 Å². The monoisotopic (exact) mass is 929 g/mol. The van der Waals surface area contributed by atoms with Gasteiger partial charge in [0.05, 0.1) is 37.8 Å². The van der Waals surface area contributed by atoms with E-state index in [4.69, 9.17) is 18.9 Å². The van der Waals surface area contributed by atoms with Gasteiger partial charge < -0.3 is 49.6 Å². The number of nitrogens with one attached hydrogen (secondary N) is 3. The highest BCUT2D eigenvalue weighted by molar-refractivity contribution is 5.93. The molecular weight excluding hydrogens is 856 g/mol. The molecule has 2 aromatic carbocycles. The van der Waals surface area contributed by atoms with E-state index in [9.17, 15) is 9.59 Å². The number of unbranched alkanes of at least 4 members (excludes halogenated alkanes) is 3. The topological polar surface area (TPSA) is 143 Å². The second-order valence-corrected chi connectivity index (χ2v) is 16.6. The average Bonchev–Trinajstić information content (AvgIpc) is 3.75. The number of carbonyl (C=O) groups excluding carboxylic acids is 2. The second kappa shape index (κ2) is 28.7. The Morgan fingerprint density at radius 1 is 0.545 bits per heavy atom. The summed E-state index contributed by atoms with van der Waals surface area (Å²) in [6, 6.07) is 24.4. The van der Waals surface area contributed by atoms with E-state index < -0.39 is 0 Å². The minimum atomic E-state index is 0. The number of benzene rings is 2. The molecule has 4 aromatic rings. The molecule has 0 aliphatic carbocycles. The van der Waals surface area contributed by atoms with Crippen molar-refractivity contribution < 1.29 is 28.5 Å². The lowest BCUT2D eigenvalue weighted by molar-refractivity contribution is -0.117. The van der Waals surface area contributed by atoms with Crippen LogP contribution >= 0.6 is 12.4 Å². The summed E-state index contributed by atoms with van der Waals surface area (Å²) in [7, 11) is 0. The Morgan fingerprint density at radius 3 is 1.67 bits per heavy atom. The molecule has 8 rings (SSSR count). The molecule has 14 nitrogen and oxygen atoms in total. The minimum absolute atomic E-state index is 0. The van der Waals surface area contributed by atoms with Gasteiger partial charge in [-0.05, 0) is 126 Å². The summed E-state index contributed by atoms with van der Waals surface area (Å²) in [6.07, 6.45) is 10.4. The van der Waals surface area contributed by atoms with Crippen molar-refractivity contribution in [3.63, 3.8) is 0 Å². The number of hydrogen-bond donors (Lipinski definition) is 3. The van der Waals surface area contributed by atoms with E-state index in [0.717, 1.165) is 127 Å². The number of aryl methyl sites for hydroxylation is 2. The van der Waals surface area contributed by atoms with E-state index >= 15 is 0 Å². The summed E-state index contributed by atoms with van der Waals surface area (Å²) in [4.78, 5) is 39.0. The van der Waals surface area contributed by atoms with Crippen LogP contribution in [0.4, 0.5) is 23.0 Å². The lowest BCUT2D eigenvalue weighted by atomic mass is 10.1. The van der Waals surface area contributed by atoms with Crippen LogP contribution in [0, 0.1) is 0 Å². The molecule has 2 amide bonds. The van der Waals surface area contributed by atoms with E-state index in [0.29, 0.717) is 56.1 Å². The summed E-state index contributed by atoms with van der Waals surface area (Å²) < 4.78 is 22.9. The molecule has 0 spiro atoms. The van der Waals surface area contributed by atoms with E-state index in [2.05, 4.69) is 83.9 Å². The first kappa shape index (κ1) is 51.7. The van der Waals surface area contributed by atoms with Gasteiger partial charge in [-0.2, -0.15) is 9.97 Å². The molecule has 0 radical (unpaired) electrons. The number of aromatic nitrogens is 2. The van der Waals surface area contributed by atoms with Crippen molar-refractivity contribution in [1.29, 1.82) is 0 Å². The van der Waals surface area contributed by atoms with E-state index in [1.807, 2.05) is 50.2 Å². The maximum absolute atomic E-state index is 11.6. The molecule has 4 aliphatic rings. The number of hydrogen-bond acceptors (Lipinski definition) is 12. The summed E-state index contributed by atoms with van der Waals surface area (Å²) in [5.74, 6) is 4.55. The van der Waals surface area contributed by atoms with Crippen molar-refractivity contribution >= 4 is 47.2 Å². The van der Waals surface area contributed by atoms with Crippen molar-refractivity contribution in [1.82, 2.24) is 20.2 Å². The zero-order valence-corrected chi connectivity index (χ0v) is 40.3. The van der Waals surface area contributed by atoms with Crippen LogP contribution in [0.15, 0.2) is 72.8 Å². The van der Waals surface area contributed by atoms with Crippen LogP contribution in [-0.2, 0) is 22.4 Å². The number of para-hydroxylation sites is 4. The third-order valence-electron chi connectivity index (χ3n) is 11.7. The largest absolute Gasteiger partial charge is 0.492 e. The van der Waals surface area contributed by atoms with Crippen LogP contribution in [-0.4, -0.2) is 112 Å². The van der Waals surface area contributed by atoms with Crippen LogP contribution in [0.5, 0.6) is 23.3 Å². The first-order valence-electron chi connectivity index (χ1n) is 24.2. The molecular formula is C51H73ClN8O6. The Kier molecular flexibility index (Phi) is 22.4. The van der Waals surface area contributed by atoms with Crippen molar-refractivity contribution in [2.24, 2.45) is 0 Å². The Morgan fingerprint density at radius 2 is 1.09 bits per heavy atom. The van der Waals surface area contributed by atoms with Gasteiger partial charge in [-0.25, -0.2) is 0 Å². The normalized spacial score (nSPS) is 15.9. The van der Waals surface area contributed by atoms with Crippen molar-refractivity contribution in [2.45, 2.75) is 91.4 Å². The third-order valence-corrected chi connectivity index (χ3v) is 11.7. The van der Waals surface area contributed by atoms with Crippen molar-refractivity contribution in [3.8, 4) is 23.3 Å². The summed E-state index contributed by atoms with van der Waals surface area (Å²) >= 11 is 0. The molecule has 0 atom stereocenters. The molecule has 4 aliphatic heterocycles. The fourth-order valence-electron chi connectivity index (χ4n) is 8.26. The molecule has 2 aromatic heterocycles. The first-order chi connectivity index (χ1) is 31.9. The SMILES string of the molecule is CCCCCOc1ccc2c(n1)NC(=O)CC2.CCOc1ccccc1N1CCCN(CCCCOc2ccc3c(n2)NC(=O)CC3)CC1.CCOc1ccccc1N1CCCNCC1.Cl. The number of fused-ring (bicyclic) bond motifs is 2. The van der Waals surface area contributed by atoms with E-state index in [-0.39, 0.29) is 24.2 Å². The van der Waals surface area contributed by atoms with Crippen LogP contribution in [0.2, 0.25) is 0 Å². The second-order valence-electron chi connectivity index (χ2n) is 16.6. The smallest absolute Gasteiger partial charge is 0.225 e. The predicted octanol–water partition coefficient (Wildman–Crippen LogP) is 8.58. The van der Waals surface area contributed by atoms with Crippen LogP contribution < -0.4 is 44.7 Å². The molecule has 66 heavy (non-hydrogen) atoms. The van der Waals surface area contributed by atoms with Crippen LogP contribution in [0.1, 0.15) is 89.7 Å². The average molecular weight is 930 g/mol. The Hall–Kier alpha value is -5.31. The molecule has 360 valence electrons. The standard InChI is InChI=1S/C25H34N4O3.C13H18N2O2.C13H20N2O.ClH/c1-2-31-22-9-4-3-8-21(22)29-16-7-15-28(17-18-29)14-5-6-19-32-24-13-11-20-10-12-23(30)26-25(20)27-24;1-2-3-4-9-17-12-8-6-10-5-7-11(16)14-13(10)15-12;1-2-16-13-7-4-3-6-12(13)15-10-5-8-14-9-11-15;/h3-4,8-9,11,13H,2,5-7,10,12,14-19H2,1H3,(H,26,27,30);6,8H,2-5,7,9H2,1H3,(H,14,15,16);3-4,6-7,14H,2,5,8-11H2,1H3;1H. The number of rotatable bonds is 17. The number of carbonyl (C=O) groups is 2. The fraction of sp³-hybridized carbons (Fsp3) is 0.529. The number of anilines is 4. The van der Waals surface area contributed by atoms with Gasteiger partial charge in [0.1, 0.15) is 23.1 Å². The van der Waals surface area contributed by atoms with Gasteiger partial charge in [-0.3, -0.25) is 9.59 Å². The number of amides is 2. The third kappa shape index (κ3) is 16.5. The molecule has 3 N–H and O–H groups in total. The summed E-state index contributed by atoms with van der Waals surface area (Å²) in [6.45, 7) is 18.7. The molecule has 0 saturated carbocycles. The predicted molar refractivity (Wildman–Crippen MR) is 268 cm³/mol. The molecule has 2 fully saturated rings. The highest BCUT2D eigenvalue weighted by Gasteiger charge is 2.20. The van der Waals surface area contributed by atoms with E-state index in [1.165, 1.54) is 30.6 Å². The van der Waals surface area contributed by atoms with Crippen molar-refractivity contribution in [3.05, 3.63) is 83.9 Å². The number of ether oxygens (including phenoxy) is 4. The highest BCUT2D eigenvalue weighted by Crippen LogP contribution is 2.30. The number of halogens is 1. The maximum atomic E-state index is 11.6. The minimum Gasteiger partial charge on any atom is -0.492 e. The number of nitrogens with zero attached hydrogens (tertiary/aromatic N) is 5. The lowest BCUT2D eigenvalue weighted by Gasteiger charge is -2.25. The number of pyridine rings is 2. The van der Waals surface area contributed by atoms with Crippen LogP contribution in [0.3, 0.4) is 0 Å². The summed E-state index contributed by atoms with van der Waals surface area (Å²) in [5.41, 5.74) is 4.60. The van der Waals surface area contributed by atoms with Gasteiger partial charge in [0.2, 0.25) is 23.6 Å². The van der Waals surface area contributed by atoms with Gasteiger partial charge >= 0.3 is 0 Å². The van der Waals surface area contributed by atoms with Gasteiger partial charge in [-0.1, -0.05) is 44.0 Å². The maximum Gasteiger partial charge on any atom is 0.225 e. The lowest BCUT2D eigenvalue weighted by Crippen LogP contribution is -2.31. The summed E-state index contributed by atoms with van der Waals surface area (Å²) in [5, 5.41) is 9.02. The first-order valence-corrected chi connectivity index (χ1v) is 24.2. The van der Waals surface area contributed by atoms with Crippen LogP contribution in [0.25, 0.3) is 0 Å². The molecule has 6 heterocycles. The zero-order chi connectivity index (χ0) is 45.5. The molecule has 0 unspecified atom stereocenters. The van der Waals surface area contributed by atoms with Gasteiger partial charge in [0.25, 0.3) is 0 Å². The highest BCUT2D eigenvalue weighted by atomic mass is 35.5. The zero-order valence-electron chi connectivity index (χ0n) is 39.5. The molecule has 2 saturated heterocycles. The Labute approximate surface area is 398 Å². The van der Waals surface area contributed by atoms with Gasteiger partial charge in [-0.15, -0.1) is 12.4 Å². The van der Waals surface area contributed by atoms with Gasteiger partial charge in [0, 0.05) is 64.2 Å². The molecule has 15 heteroatoms. The van der Waals surface area contributed by atoms with E-state index in [1.54, 1.807) is 0 Å². The quantitative estimate of drug-likeness (QED) is 0.0874. The van der Waals surface area contributed by atoms with Crippen molar-refractivity contribution in [2.75, 3.05) is 106 Å². The fourth-order valence-corrected chi connectivity index (χ4v) is 8.26. The Balaban J connectivity index is 0.000000203. The Bertz CT molecular complexity index is 2070.